The van der Waals surface area contributed by atoms with Crippen LogP contribution in [0.2, 0.25) is 0 Å². The van der Waals surface area contributed by atoms with Gasteiger partial charge in [-0.25, -0.2) is 0 Å². The summed E-state index contributed by atoms with van der Waals surface area (Å²) >= 11 is 1.48. The predicted molar refractivity (Wildman–Crippen MR) is 121 cm³/mol. The van der Waals surface area contributed by atoms with Crippen molar-refractivity contribution in [3.05, 3.63) is 58.9 Å². The van der Waals surface area contributed by atoms with Gasteiger partial charge in [0, 0.05) is 24.0 Å². The van der Waals surface area contributed by atoms with E-state index in [0.29, 0.717) is 42.7 Å². The molecule has 5 rings (SSSR count). The minimum atomic E-state index is -0.204. The number of hydrogen-bond donors (Lipinski definition) is 1. The molecule has 2 aliphatic rings. The zero-order valence-corrected chi connectivity index (χ0v) is 18.6. The first-order chi connectivity index (χ1) is 15.6. The first kappa shape index (κ1) is 20.6. The molecule has 0 radical (unpaired) electrons. The molecule has 1 fully saturated rings. The molecule has 32 heavy (non-hydrogen) atoms. The normalized spacial score (nSPS) is 16.1. The maximum absolute atomic E-state index is 13.0. The average Bonchev–Trinajstić information content (AvgIpc) is 3.48. The molecule has 0 saturated carbocycles. The van der Waals surface area contributed by atoms with Gasteiger partial charge in [0.1, 0.15) is 19.0 Å². The summed E-state index contributed by atoms with van der Waals surface area (Å²) in [7, 11) is 0. The van der Waals surface area contributed by atoms with Gasteiger partial charge >= 0.3 is 0 Å². The summed E-state index contributed by atoms with van der Waals surface area (Å²) in [6.45, 7) is 4.14. The fourth-order valence-corrected chi connectivity index (χ4v) is 4.97. The molecule has 3 aromatic rings. The van der Waals surface area contributed by atoms with E-state index in [4.69, 9.17) is 13.9 Å². The smallest absolute Gasteiger partial charge is 0.287 e. The van der Waals surface area contributed by atoms with Crippen molar-refractivity contribution in [2.24, 2.45) is 0 Å². The lowest BCUT2D eigenvalue weighted by Gasteiger charge is -2.32. The number of rotatable bonds is 4. The van der Waals surface area contributed by atoms with E-state index in [1.807, 2.05) is 42.2 Å². The molecule has 0 spiro atoms. The molecule has 7 nitrogen and oxygen atoms in total. The highest BCUT2D eigenvalue weighted by molar-refractivity contribution is 7.17. The van der Waals surface area contributed by atoms with Gasteiger partial charge in [-0.15, -0.1) is 11.3 Å². The number of carbonyl (C=O) groups excluding carboxylic acids is 2. The Kier molecular flexibility index (Phi) is 5.61. The summed E-state index contributed by atoms with van der Waals surface area (Å²) in [6.07, 6.45) is 1.44. The zero-order valence-electron chi connectivity index (χ0n) is 17.8. The number of furan rings is 1. The molecule has 2 amide bonds. The van der Waals surface area contributed by atoms with Crippen molar-refractivity contribution in [2.75, 3.05) is 26.3 Å². The van der Waals surface area contributed by atoms with Crippen molar-refractivity contribution in [3.63, 3.8) is 0 Å². The summed E-state index contributed by atoms with van der Waals surface area (Å²) in [6, 6.07) is 13.2. The lowest BCUT2D eigenvalue weighted by molar-refractivity contribution is 0.0700. The van der Waals surface area contributed by atoms with E-state index in [-0.39, 0.29) is 17.9 Å². The van der Waals surface area contributed by atoms with Crippen molar-refractivity contribution in [2.45, 2.75) is 25.8 Å². The predicted octanol–water partition coefficient (Wildman–Crippen LogP) is 4.12. The minimum absolute atomic E-state index is 0.0326. The average molecular weight is 453 g/mol. The van der Waals surface area contributed by atoms with E-state index in [1.165, 1.54) is 11.3 Å². The van der Waals surface area contributed by atoms with E-state index in [9.17, 15) is 9.59 Å². The van der Waals surface area contributed by atoms with Gasteiger partial charge < -0.3 is 24.1 Å². The van der Waals surface area contributed by atoms with Crippen LogP contribution in [0.1, 0.15) is 38.8 Å². The Morgan fingerprint density at radius 3 is 2.53 bits per heavy atom. The lowest BCUT2D eigenvalue weighted by atomic mass is 10.0. The Bertz CT molecular complexity index is 1140. The third-order valence-electron chi connectivity index (χ3n) is 5.73. The molecule has 0 unspecified atom stereocenters. The fraction of sp³-hybridized carbons (Fsp3) is 0.333. The van der Waals surface area contributed by atoms with E-state index in [1.54, 1.807) is 12.1 Å². The number of aryl methyl sites for hydroxylation is 1. The summed E-state index contributed by atoms with van der Waals surface area (Å²) in [5.74, 6) is 2.36. The van der Waals surface area contributed by atoms with Crippen LogP contribution in [0.15, 0.2) is 46.9 Å². The topological polar surface area (TPSA) is 81.0 Å². The van der Waals surface area contributed by atoms with Crippen molar-refractivity contribution < 1.29 is 23.5 Å². The maximum atomic E-state index is 13.0. The molecule has 1 aromatic carbocycles. The Morgan fingerprint density at radius 1 is 1.00 bits per heavy atom. The van der Waals surface area contributed by atoms with Crippen LogP contribution >= 0.6 is 11.3 Å². The molecule has 2 aromatic heterocycles. The summed E-state index contributed by atoms with van der Waals surface area (Å²) < 4.78 is 16.6. The Morgan fingerprint density at radius 2 is 1.78 bits per heavy atom. The van der Waals surface area contributed by atoms with Crippen LogP contribution in [-0.2, 0) is 0 Å². The van der Waals surface area contributed by atoms with Gasteiger partial charge in [0.25, 0.3) is 11.8 Å². The number of amides is 2. The van der Waals surface area contributed by atoms with Crippen LogP contribution in [0.3, 0.4) is 0 Å². The van der Waals surface area contributed by atoms with Gasteiger partial charge in [-0.05, 0) is 67.8 Å². The molecular weight excluding hydrogens is 428 g/mol. The lowest BCUT2D eigenvalue weighted by Crippen LogP contribution is -2.46. The summed E-state index contributed by atoms with van der Waals surface area (Å²) in [4.78, 5) is 28.9. The molecule has 8 heteroatoms. The van der Waals surface area contributed by atoms with Crippen LogP contribution in [0, 0.1) is 6.92 Å². The molecule has 4 heterocycles. The summed E-state index contributed by atoms with van der Waals surface area (Å²) in [5, 5.41) is 3.01. The fourth-order valence-electron chi connectivity index (χ4n) is 4.00. The van der Waals surface area contributed by atoms with Crippen LogP contribution in [0.4, 0.5) is 0 Å². The molecule has 166 valence electrons. The molecule has 0 bridgehead atoms. The van der Waals surface area contributed by atoms with Crippen LogP contribution in [0.5, 0.6) is 11.5 Å². The third-order valence-corrected chi connectivity index (χ3v) is 6.85. The second kappa shape index (κ2) is 8.70. The van der Waals surface area contributed by atoms with E-state index >= 15 is 0 Å². The number of thiophene rings is 1. The van der Waals surface area contributed by atoms with Crippen molar-refractivity contribution in [1.29, 1.82) is 0 Å². The molecule has 0 atom stereocenters. The van der Waals surface area contributed by atoms with Gasteiger partial charge in [0.2, 0.25) is 0 Å². The Hall–Kier alpha value is -3.26. The first-order valence-electron chi connectivity index (χ1n) is 10.7. The largest absolute Gasteiger partial charge is 0.486 e. The number of nitrogens with one attached hydrogen (secondary N) is 1. The number of benzene rings is 1. The van der Waals surface area contributed by atoms with E-state index in [2.05, 4.69) is 5.32 Å². The Labute approximate surface area is 189 Å². The van der Waals surface area contributed by atoms with Crippen molar-refractivity contribution >= 4 is 23.2 Å². The van der Waals surface area contributed by atoms with Gasteiger partial charge in [-0.1, -0.05) is 0 Å². The van der Waals surface area contributed by atoms with Gasteiger partial charge in [0.15, 0.2) is 17.3 Å². The second-order valence-corrected chi connectivity index (χ2v) is 9.06. The molecule has 0 aliphatic carbocycles. The van der Waals surface area contributed by atoms with Crippen LogP contribution < -0.4 is 14.8 Å². The highest BCUT2D eigenvalue weighted by Crippen LogP contribution is 2.37. The SMILES string of the molecule is Cc1ccc(C(=O)NC2CCN(C(=O)c3ccc(-c4ccc5c(c4)OCCO5)s3)CC2)o1. The number of ether oxygens (including phenoxy) is 2. The zero-order chi connectivity index (χ0) is 22.1. The molecule has 1 N–H and O–H groups in total. The maximum Gasteiger partial charge on any atom is 0.287 e. The molecule has 2 aliphatic heterocycles. The number of likely N-dealkylation sites (tertiary alicyclic amines) is 1. The van der Waals surface area contributed by atoms with Crippen molar-refractivity contribution in [3.8, 4) is 21.9 Å². The third kappa shape index (κ3) is 4.23. The standard InChI is InChI=1S/C24H24N2O5S/c1-15-2-4-19(31-15)23(27)25-17-8-10-26(11-9-17)24(28)22-7-6-21(32-22)16-3-5-18-20(14-16)30-13-12-29-18/h2-7,14,17H,8-13H2,1H3,(H,25,27). The van der Waals surface area contributed by atoms with Gasteiger partial charge in [-0.2, -0.15) is 0 Å². The van der Waals surface area contributed by atoms with Crippen LogP contribution in [-0.4, -0.2) is 49.1 Å². The molecule has 1 saturated heterocycles. The van der Waals surface area contributed by atoms with Gasteiger partial charge in [-0.3, -0.25) is 9.59 Å². The minimum Gasteiger partial charge on any atom is -0.486 e. The quantitative estimate of drug-likeness (QED) is 0.644. The number of carbonyl (C=O) groups is 2. The highest BCUT2D eigenvalue weighted by Gasteiger charge is 2.26. The second-order valence-electron chi connectivity index (χ2n) is 7.97. The molecular formula is C24H24N2O5S. The van der Waals surface area contributed by atoms with Crippen molar-refractivity contribution in [1.82, 2.24) is 10.2 Å². The van der Waals surface area contributed by atoms with E-state index in [0.717, 1.165) is 34.8 Å². The van der Waals surface area contributed by atoms with E-state index < -0.39 is 0 Å². The van der Waals surface area contributed by atoms with Crippen LogP contribution in [0.25, 0.3) is 10.4 Å². The first-order valence-corrected chi connectivity index (χ1v) is 11.5. The highest BCUT2D eigenvalue weighted by atomic mass is 32.1. The number of hydrogen-bond acceptors (Lipinski definition) is 6. The number of piperidine rings is 1. The monoisotopic (exact) mass is 452 g/mol. The Balaban J connectivity index is 1.19. The summed E-state index contributed by atoms with van der Waals surface area (Å²) in [5.41, 5.74) is 1.01. The number of fused-ring (bicyclic) bond motifs is 1. The number of nitrogens with zero attached hydrogens (tertiary/aromatic N) is 1. The van der Waals surface area contributed by atoms with Gasteiger partial charge in [0.05, 0.1) is 4.88 Å².